The molecule has 0 aromatic heterocycles. The Morgan fingerprint density at radius 3 is 2.73 bits per heavy atom. The molecule has 0 saturated heterocycles. The van der Waals surface area contributed by atoms with Gasteiger partial charge in [0.15, 0.2) is 5.96 Å². The first-order chi connectivity index (χ1) is 10.1. The van der Waals surface area contributed by atoms with E-state index in [0.717, 1.165) is 11.3 Å². The van der Waals surface area contributed by atoms with Gasteiger partial charge in [0.2, 0.25) is 0 Å². The zero-order valence-electron chi connectivity index (χ0n) is 13.5. The summed E-state index contributed by atoms with van der Waals surface area (Å²) in [6.45, 7) is 3.69. The van der Waals surface area contributed by atoms with E-state index in [1.165, 1.54) is 18.4 Å². The molecule has 1 aliphatic carbocycles. The van der Waals surface area contributed by atoms with Crippen LogP contribution >= 0.6 is 24.0 Å². The monoisotopic (exact) mass is 419 g/mol. The van der Waals surface area contributed by atoms with Gasteiger partial charge >= 0.3 is 0 Å². The number of nitrogens with zero attached hydrogens (tertiary/aromatic N) is 2. The molecule has 1 aromatic carbocycles. The van der Waals surface area contributed by atoms with E-state index in [4.69, 9.17) is 15.2 Å². The zero-order valence-corrected chi connectivity index (χ0v) is 15.9. The van der Waals surface area contributed by atoms with Crippen LogP contribution in [-0.4, -0.2) is 44.3 Å². The maximum Gasteiger partial charge on any atom is 0.191 e. The van der Waals surface area contributed by atoms with Crippen LogP contribution < -0.4 is 10.5 Å². The van der Waals surface area contributed by atoms with Gasteiger partial charge in [-0.1, -0.05) is 12.1 Å². The maximum atomic E-state index is 6.02. The second-order valence-electron chi connectivity index (χ2n) is 5.47. The van der Waals surface area contributed by atoms with E-state index in [1.807, 2.05) is 26.1 Å². The Balaban J connectivity index is 0.00000242. The molecule has 0 unspecified atom stereocenters. The van der Waals surface area contributed by atoms with Gasteiger partial charge in [0.1, 0.15) is 12.4 Å². The summed E-state index contributed by atoms with van der Waals surface area (Å²) in [7, 11) is 3.67. The third-order valence-corrected chi connectivity index (χ3v) is 3.64. The molecule has 1 saturated carbocycles. The summed E-state index contributed by atoms with van der Waals surface area (Å²) >= 11 is 0. The van der Waals surface area contributed by atoms with Gasteiger partial charge in [0, 0.05) is 25.8 Å². The molecule has 0 bridgehead atoms. The van der Waals surface area contributed by atoms with Crippen molar-refractivity contribution in [2.45, 2.75) is 32.4 Å². The lowest BCUT2D eigenvalue weighted by atomic mass is 10.1. The van der Waals surface area contributed by atoms with Crippen LogP contribution in [0.3, 0.4) is 0 Å². The van der Waals surface area contributed by atoms with Crippen molar-refractivity contribution in [1.82, 2.24) is 4.90 Å². The lowest BCUT2D eigenvalue weighted by Crippen LogP contribution is -2.35. The van der Waals surface area contributed by atoms with Crippen molar-refractivity contribution in [2.24, 2.45) is 10.7 Å². The van der Waals surface area contributed by atoms with Crippen molar-refractivity contribution in [2.75, 3.05) is 27.4 Å². The number of halogens is 1. The Morgan fingerprint density at radius 1 is 1.36 bits per heavy atom. The molecule has 0 spiro atoms. The Bertz CT molecular complexity index is 504. The molecule has 0 heterocycles. The van der Waals surface area contributed by atoms with E-state index < -0.39 is 0 Å². The predicted molar refractivity (Wildman–Crippen MR) is 100 cm³/mol. The van der Waals surface area contributed by atoms with Gasteiger partial charge in [-0.05, 0) is 31.4 Å². The summed E-state index contributed by atoms with van der Waals surface area (Å²) < 4.78 is 10.8. The van der Waals surface area contributed by atoms with Crippen LogP contribution in [0.1, 0.15) is 24.0 Å². The SMILES string of the molecule is COCCOc1cc(C)ccc1CN=C(N)N(C)C1CC1.I. The number of aryl methyl sites for hydroxylation is 1. The average Bonchev–Trinajstić information content (AvgIpc) is 3.30. The molecule has 5 nitrogen and oxygen atoms in total. The van der Waals surface area contributed by atoms with Crippen molar-refractivity contribution in [1.29, 1.82) is 0 Å². The van der Waals surface area contributed by atoms with Crippen molar-refractivity contribution in [3.63, 3.8) is 0 Å². The predicted octanol–water partition coefficient (Wildman–Crippen LogP) is 2.55. The minimum Gasteiger partial charge on any atom is -0.491 e. The first kappa shape index (κ1) is 19.0. The fraction of sp³-hybridized carbons (Fsp3) is 0.562. The van der Waals surface area contributed by atoms with Crippen LogP contribution in [0.2, 0.25) is 0 Å². The van der Waals surface area contributed by atoms with Gasteiger partial charge in [-0.25, -0.2) is 4.99 Å². The van der Waals surface area contributed by atoms with Crippen LogP contribution in [0.5, 0.6) is 5.75 Å². The van der Waals surface area contributed by atoms with Crippen molar-refractivity contribution in [3.05, 3.63) is 29.3 Å². The highest BCUT2D eigenvalue weighted by Crippen LogP contribution is 2.25. The molecule has 1 aromatic rings. The van der Waals surface area contributed by atoms with Gasteiger partial charge < -0.3 is 20.1 Å². The summed E-state index contributed by atoms with van der Waals surface area (Å²) in [4.78, 5) is 6.54. The molecule has 0 radical (unpaired) electrons. The molecular formula is C16H26IN3O2. The number of rotatable bonds is 7. The highest BCUT2D eigenvalue weighted by molar-refractivity contribution is 14.0. The molecule has 22 heavy (non-hydrogen) atoms. The first-order valence-electron chi connectivity index (χ1n) is 7.36. The van der Waals surface area contributed by atoms with E-state index in [9.17, 15) is 0 Å². The zero-order chi connectivity index (χ0) is 15.2. The van der Waals surface area contributed by atoms with Crippen molar-refractivity contribution >= 4 is 29.9 Å². The third kappa shape index (κ3) is 5.64. The second kappa shape index (κ2) is 9.19. The van der Waals surface area contributed by atoms with E-state index >= 15 is 0 Å². The Kier molecular flexibility index (Phi) is 7.95. The molecule has 0 atom stereocenters. The van der Waals surface area contributed by atoms with E-state index in [0.29, 0.717) is 31.8 Å². The normalized spacial score (nSPS) is 14.4. The largest absolute Gasteiger partial charge is 0.491 e. The number of aliphatic imine (C=N–C) groups is 1. The standard InChI is InChI=1S/C16H25N3O2.HI/c1-12-4-5-13(15(10-12)21-9-8-20-3)11-18-16(17)19(2)14-6-7-14;/h4-5,10,14H,6-9,11H2,1-3H3,(H2,17,18);1H. The summed E-state index contributed by atoms with van der Waals surface area (Å²) in [5.41, 5.74) is 8.23. The maximum absolute atomic E-state index is 6.02. The second-order valence-corrected chi connectivity index (χ2v) is 5.47. The van der Waals surface area contributed by atoms with E-state index in [-0.39, 0.29) is 24.0 Å². The van der Waals surface area contributed by atoms with Crippen LogP contribution in [0, 0.1) is 6.92 Å². The minimum atomic E-state index is 0. The van der Waals surface area contributed by atoms with E-state index in [1.54, 1.807) is 7.11 Å². The highest BCUT2D eigenvalue weighted by Gasteiger charge is 2.27. The van der Waals surface area contributed by atoms with Gasteiger partial charge in [0.05, 0.1) is 13.2 Å². The van der Waals surface area contributed by atoms with Crippen molar-refractivity contribution < 1.29 is 9.47 Å². The molecule has 124 valence electrons. The number of hydrogen-bond donors (Lipinski definition) is 1. The van der Waals surface area contributed by atoms with Gasteiger partial charge in [0.25, 0.3) is 0 Å². The number of ether oxygens (including phenoxy) is 2. The number of guanidine groups is 1. The topological polar surface area (TPSA) is 60.1 Å². The Hall–Kier alpha value is -1.02. The highest BCUT2D eigenvalue weighted by atomic mass is 127. The van der Waals surface area contributed by atoms with Crippen LogP contribution in [0.15, 0.2) is 23.2 Å². The summed E-state index contributed by atoms with van der Waals surface area (Å²) in [5.74, 6) is 1.46. The molecule has 1 fully saturated rings. The molecular weight excluding hydrogens is 393 g/mol. The Labute approximate surface area is 149 Å². The third-order valence-electron chi connectivity index (χ3n) is 3.64. The molecule has 0 aliphatic heterocycles. The number of methoxy groups -OCH3 is 1. The average molecular weight is 419 g/mol. The molecule has 6 heteroatoms. The Morgan fingerprint density at radius 2 is 2.09 bits per heavy atom. The van der Waals surface area contributed by atoms with Gasteiger partial charge in [-0.2, -0.15) is 0 Å². The minimum absolute atomic E-state index is 0. The molecule has 1 aliphatic rings. The fourth-order valence-electron chi connectivity index (χ4n) is 2.09. The van der Waals surface area contributed by atoms with Gasteiger partial charge in [-0.3, -0.25) is 0 Å². The van der Waals surface area contributed by atoms with Gasteiger partial charge in [-0.15, -0.1) is 24.0 Å². The summed E-state index contributed by atoms with van der Waals surface area (Å²) in [6.07, 6.45) is 2.42. The summed E-state index contributed by atoms with van der Waals surface area (Å²) in [6, 6.07) is 6.71. The number of nitrogens with two attached hydrogens (primary N) is 1. The number of hydrogen-bond acceptors (Lipinski definition) is 3. The van der Waals surface area contributed by atoms with Crippen LogP contribution in [0.4, 0.5) is 0 Å². The van der Waals surface area contributed by atoms with E-state index in [2.05, 4.69) is 16.0 Å². The number of benzene rings is 1. The van der Waals surface area contributed by atoms with Crippen LogP contribution in [0.25, 0.3) is 0 Å². The molecule has 0 amide bonds. The van der Waals surface area contributed by atoms with Crippen LogP contribution in [-0.2, 0) is 11.3 Å². The fourth-order valence-corrected chi connectivity index (χ4v) is 2.09. The quantitative estimate of drug-likeness (QED) is 0.320. The summed E-state index contributed by atoms with van der Waals surface area (Å²) in [5, 5.41) is 0. The lowest BCUT2D eigenvalue weighted by Gasteiger charge is -2.17. The van der Waals surface area contributed by atoms with Crippen molar-refractivity contribution in [3.8, 4) is 5.75 Å². The molecule has 2 N–H and O–H groups in total. The lowest BCUT2D eigenvalue weighted by molar-refractivity contribution is 0.145. The molecule has 2 rings (SSSR count). The smallest absolute Gasteiger partial charge is 0.191 e. The first-order valence-corrected chi connectivity index (χ1v) is 7.36.